The number of rotatable bonds is 5. The molecule has 150 valence electrons. The van der Waals surface area contributed by atoms with Gasteiger partial charge in [-0.25, -0.2) is 8.42 Å². The van der Waals surface area contributed by atoms with E-state index in [0.717, 1.165) is 42.4 Å². The molecule has 1 heterocycles. The first-order valence-corrected chi connectivity index (χ1v) is 11.3. The Labute approximate surface area is 167 Å². The SMILES string of the molecule is Cc1cccc(CNC(=O)c2cc(S(=O)(=O)N3CCCCCC3)ccc2C)c1. The van der Waals surface area contributed by atoms with E-state index in [9.17, 15) is 13.2 Å². The van der Waals surface area contributed by atoms with E-state index in [1.165, 1.54) is 6.07 Å². The highest BCUT2D eigenvalue weighted by atomic mass is 32.2. The van der Waals surface area contributed by atoms with Crippen molar-refractivity contribution in [2.75, 3.05) is 13.1 Å². The molecular formula is C22H28N2O3S. The number of aryl methyl sites for hydroxylation is 2. The summed E-state index contributed by atoms with van der Waals surface area (Å²) in [4.78, 5) is 12.9. The van der Waals surface area contributed by atoms with Crippen LogP contribution in [0.5, 0.6) is 0 Å². The minimum atomic E-state index is -3.58. The van der Waals surface area contributed by atoms with Gasteiger partial charge in [0.15, 0.2) is 0 Å². The Balaban J connectivity index is 1.79. The molecule has 1 saturated heterocycles. The van der Waals surface area contributed by atoms with E-state index in [2.05, 4.69) is 5.32 Å². The number of carbonyl (C=O) groups excluding carboxylic acids is 1. The molecule has 6 heteroatoms. The van der Waals surface area contributed by atoms with Crippen molar-refractivity contribution in [3.8, 4) is 0 Å². The van der Waals surface area contributed by atoms with Crippen LogP contribution in [-0.2, 0) is 16.6 Å². The summed E-state index contributed by atoms with van der Waals surface area (Å²) < 4.78 is 27.6. The molecule has 1 N–H and O–H groups in total. The normalized spacial score (nSPS) is 15.8. The number of hydrogen-bond acceptors (Lipinski definition) is 3. The van der Waals surface area contributed by atoms with Crippen LogP contribution in [0.15, 0.2) is 47.4 Å². The van der Waals surface area contributed by atoms with E-state index >= 15 is 0 Å². The summed E-state index contributed by atoms with van der Waals surface area (Å²) in [5, 5.41) is 2.90. The summed E-state index contributed by atoms with van der Waals surface area (Å²) in [6.45, 7) is 5.33. The Hall–Kier alpha value is -2.18. The van der Waals surface area contributed by atoms with Crippen molar-refractivity contribution < 1.29 is 13.2 Å². The fourth-order valence-electron chi connectivity index (χ4n) is 3.54. The monoisotopic (exact) mass is 400 g/mol. The van der Waals surface area contributed by atoms with Gasteiger partial charge in [0, 0.05) is 25.2 Å². The van der Waals surface area contributed by atoms with Crippen LogP contribution in [0, 0.1) is 13.8 Å². The van der Waals surface area contributed by atoms with Gasteiger partial charge in [0.1, 0.15) is 0 Å². The van der Waals surface area contributed by atoms with Crippen molar-refractivity contribution in [2.45, 2.75) is 51.0 Å². The van der Waals surface area contributed by atoms with Crippen LogP contribution in [0.2, 0.25) is 0 Å². The smallest absolute Gasteiger partial charge is 0.251 e. The molecule has 3 rings (SSSR count). The average Bonchev–Trinajstić information content (AvgIpc) is 2.96. The molecule has 0 atom stereocenters. The van der Waals surface area contributed by atoms with Gasteiger partial charge in [-0.1, -0.05) is 48.7 Å². The topological polar surface area (TPSA) is 66.5 Å². The molecule has 1 fully saturated rings. The highest BCUT2D eigenvalue weighted by Crippen LogP contribution is 2.22. The Morgan fingerprint density at radius 3 is 2.39 bits per heavy atom. The Bertz CT molecular complexity index is 946. The Kier molecular flexibility index (Phi) is 6.52. The first-order valence-electron chi connectivity index (χ1n) is 9.82. The number of nitrogens with zero attached hydrogens (tertiary/aromatic N) is 1. The molecule has 1 aliphatic rings. The number of benzene rings is 2. The summed E-state index contributed by atoms with van der Waals surface area (Å²) in [7, 11) is -3.58. The molecule has 0 spiro atoms. The second-order valence-electron chi connectivity index (χ2n) is 7.47. The highest BCUT2D eigenvalue weighted by Gasteiger charge is 2.26. The van der Waals surface area contributed by atoms with Crippen molar-refractivity contribution in [3.63, 3.8) is 0 Å². The molecule has 0 bridgehead atoms. The van der Waals surface area contributed by atoms with Crippen molar-refractivity contribution in [1.29, 1.82) is 0 Å². The van der Waals surface area contributed by atoms with E-state index < -0.39 is 10.0 Å². The van der Waals surface area contributed by atoms with Crippen LogP contribution in [0.25, 0.3) is 0 Å². The molecule has 28 heavy (non-hydrogen) atoms. The second-order valence-corrected chi connectivity index (χ2v) is 9.40. The van der Waals surface area contributed by atoms with Gasteiger partial charge < -0.3 is 5.32 Å². The van der Waals surface area contributed by atoms with E-state index in [1.54, 1.807) is 16.4 Å². The lowest BCUT2D eigenvalue weighted by molar-refractivity contribution is 0.0950. The molecule has 0 radical (unpaired) electrons. The van der Waals surface area contributed by atoms with Crippen LogP contribution in [0.4, 0.5) is 0 Å². The van der Waals surface area contributed by atoms with Crippen molar-refractivity contribution in [2.24, 2.45) is 0 Å². The maximum atomic E-state index is 13.0. The van der Waals surface area contributed by atoms with Crippen LogP contribution in [0.1, 0.15) is 52.7 Å². The number of sulfonamides is 1. The molecule has 2 aromatic carbocycles. The largest absolute Gasteiger partial charge is 0.348 e. The Morgan fingerprint density at radius 2 is 1.71 bits per heavy atom. The lowest BCUT2D eigenvalue weighted by Gasteiger charge is -2.20. The third-order valence-electron chi connectivity index (χ3n) is 5.19. The zero-order valence-electron chi connectivity index (χ0n) is 16.6. The first kappa shape index (κ1) is 20.6. The minimum Gasteiger partial charge on any atom is -0.348 e. The van der Waals surface area contributed by atoms with Gasteiger partial charge in [0.05, 0.1) is 4.90 Å². The molecule has 0 aliphatic carbocycles. The lowest BCUT2D eigenvalue weighted by atomic mass is 10.1. The first-order chi connectivity index (χ1) is 13.4. The van der Waals surface area contributed by atoms with Crippen LogP contribution >= 0.6 is 0 Å². The van der Waals surface area contributed by atoms with Gasteiger partial charge in [-0.15, -0.1) is 0 Å². The maximum absolute atomic E-state index is 13.0. The van der Waals surface area contributed by atoms with Crippen molar-refractivity contribution in [1.82, 2.24) is 9.62 Å². The summed E-state index contributed by atoms with van der Waals surface area (Å²) in [6.07, 6.45) is 3.89. The van der Waals surface area contributed by atoms with Crippen molar-refractivity contribution >= 4 is 15.9 Å². The molecule has 1 aliphatic heterocycles. The van der Waals surface area contributed by atoms with E-state index in [1.807, 2.05) is 38.1 Å². The number of carbonyl (C=O) groups is 1. The predicted molar refractivity (Wildman–Crippen MR) is 111 cm³/mol. The van der Waals surface area contributed by atoms with Gasteiger partial charge in [0.2, 0.25) is 10.0 Å². The van der Waals surface area contributed by atoms with E-state index in [0.29, 0.717) is 25.2 Å². The zero-order chi connectivity index (χ0) is 20.1. The fourth-order valence-corrected chi connectivity index (χ4v) is 5.08. The lowest BCUT2D eigenvalue weighted by Crippen LogP contribution is -2.32. The minimum absolute atomic E-state index is 0.195. The van der Waals surface area contributed by atoms with Gasteiger partial charge in [-0.3, -0.25) is 4.79 Å². The summed E-state index contributed by atoms with van der Waals surface area (Å²) >= 11 is 0. The Morgan fingerprint density at radius 1 is 1.00 bits per heavy atom. The molecule has 0 aromatic heterocycles. The van der Waals surface area contributed by atoms with E-state index in [4.69, 9.17) is 0 Å². The highest BCUT2D eigenvalue weighted by molar-refractivity contribution is 7.89. The van der Waals surface area contributed by atoms with Gasteiger partial charge in [-0.05, 0) is 49.9 Å². The third-order valence-corrected chi connectivity index (χ3v) is 7.09. The molecular weight excluding hydrogens is 372 g/mol. The maximum Gasteiger partial charge on any atom is 0.251 e. The zero-order valence-corrected chi connectivity index (χ0v) is 17.4. The molecule has 0 unspecified atom stereocenters. The van der Waals surface area contributed by atoms with E-state index in [-0.39, 0.29) is 10.8 Å². The predicted octanol–water partition coefficient (Wildman–Crippen LogP) is 3.80. The summed E-state index contributed by atoms with van der Waals surface area (Å²) in [6, 6.07) is 12.8. The van der Waals surface area contributed by atoms with Gasteiger partial charge in [-0.2, -0.15) is 4.31 Å². The number of nitrogens with one attached hydrogen (secondary N) is 1. The summed E-state index contributed by atoms with van der Waals surface area (Å²) in [5.74, 6) is -0.257. The van der Waals surface area contributed by atoms with Crippen LogP contribution < -0.4 is 5.32 Å². The quantitative estimate of drug-likeness (QED) is 0.830. The molecule has 1 amide bonds. The van der Waals surface area contributed by atoms with Crippen LogP contribution in [-0.4, -0.2) is 31.7 Å². The molecule has 5 nitrogen and oxygen atoms in total. The third kappa shape index (κ3) is 4.80. The standard InChI is InChI=1S/C22H28N2O3S/c1-17-8-7-9-19(14-17)16-23-22(25)21-15-20(11-10-18(21)2)28(26,27)24-12-5-3-4-6-13-24/h7-11,14-15H,3-6,12-13,16H2,1-2H3,(H,23,25). The van der Waals surface area contributed by atoms with Crippen molar-refractivity contribution in [3.05, 3.63) is 64.7 Å². The molecule has 2 aromatic rings. The average molecular weight is 401 g/mol. The van der Waals surface area contributed by atoms with Crippen LogP contribution in [0.3, 0.4) is 0 Å². The van der Waals surface area contributed by atoms with Gasteiger partial charge >= 0.3 is 0 Å². The second kappa shape index (κ2) is 8.88. The molecule has 0 saturated carbocycles. The fraction of sp³-hybridized carbons (Fsp3) is 0.409. The summed E-state index contributed by atoms with van der Waals surface area (Å²) in [5.41, 5.74) is 3.31. The number of hydrogen-bond donors (Lipinski definition) is 1. The van der Waals surface area contributed by atoms with Gasteiger partial charge in [0.25, 0.3) is 5.91 Å². The number of amides is 1.